The molecule has 0 unspecified atom stereocenters. The van der Waals surface area contributed by atoms with Gasteiger partial charge in [0, 0.05) is 93.5 Å². The molecule has 6 nitrogen and oxygen atoms in total. The molecule has 584 valence electrons. The maximum atomic E-state index is 6.76. The first-order valence-electron chi connectivity index (χ1n) is 42.8. The number of nitrogens with zero attached hydrogens (tertiary/aromatic N) is 4. The van der Waals surface area contributed by atoms with Crippen LogP contribution in [0.25, 0.3) is 166 Å². The third kappa shape index (κ3) is 11.1. The quantitative estimate of drug-likeness (QED) is 0.129. The molecule has 0 radical (unpaired) electrons. The van der Waals surface area contributed by atoms with Crippen LogP contribution in [0.1, 0.15) is 74.9 Å². The van der Waals surface area contributed by atoms with E-state index in [1.54, 1.807) is 0 Å². The monoisotopic (exact) mass is 1580 g/mol. The minimum atomic E-state index is -0.247. The van der Waals surface area contributed by atoms with E-state index in [0.29, 0.717) is 0 Å². The van der Waals surface area contributed by atoms with Crippen LogP contribution in [0.3, 0.4) is 0 Å². The Balaban J connectivity index is 0.000000139. The highest BCUT2D eigenvalue weighted by molar-refractivity contribution is 6.15. The number of hydrogen-bond acceptors (Lipinski definition) is 4. The highest BCUT2D eigenvalue weighted by atomic mass is 16.3. The molecule has 3 aliphatic carbocycles. The van der Waals surface area contributed by atoms with Crippen molar-refractivity contribution in [2.75, 3.05) is 9.80 Å². The van der Waals surface area contributed by atoms with E-state index in [2.05, 4.69) is 455 Å². The number of para-hydroxylation sites is 8. The smallest absolute Gasteiger partial charge is 0.159 e. The van der Waals surface area contributed by atoms with Crippen molar-refractivity contribution in [1.29, 1.82) is 0 Å². The zero-order valence-corrected chi connectivity index (χ0v) is 69.2. The van der Waals surface area contributed by atoms with E-state index >= 15 is 0 Å². The van der Waals surface area contributed by atoms with Gasteiger partial charge in [-0.2, -0.15) is 0 Å². The van der Waals surface area contributed by atoms with Crippen molar-refractivity contribution in [2.24, 2.45) is 0 Å². The summed E-state index contributed by atoms with van der Waals surface area (Å²) in [6, 6.07) is 146. The number of furan rings is 2. The minimum Gasteiger partial charge on any atom is -0.454 e. The summed E-state index contributed by atoms with van der Waals surface area (Å²) in [4.78, 5) is 4.79. The SMILES string of the molecule is CC1(C)c2ccccc2-c2ccc(N(c3ccc(-c4ccc(-c5ccc6c(c5)c5ccccc5n6-c5ccccc5)cc4)cc3)c3cccc4c3oc3ccccc34)cc21.CC1(C)c2ccccc2-c2ccc(N(c3ccc4c(c3)C(C)(C)c3cc(-c5ccc6c(c5)c5ccccc5n6-c5ccccc5)ccc3-4)c3cccc4c3oc3ccccc34)cc21. The summed E-state index contributed by atoms with van der Waals surface area (Å²) >= 11 is 0. The molecule has 0 amide bonds. The maximum Gasteiger partial charge on any atom is 0.159 e. The summed E-state index contributed by atoms with van der Waals surface area (Å²) in [6.45, 7) is 14.2. The van der Waals surface area contributed by atoms with Crippen LogP contribution < -0.4 is 9.80 Å². The zero-order chi connectivity index (χ0) is 82.1. The van der Waals surface area contributed by atoms with Gasteiger partial charge in [-0.3, -0.25) is 0 Å². The molecule has 4 heterocycles. The first-order valence-corrected chi connectivity index (χ1v) is 42.8. The van der Waals surface area contributed by atoms with Gasteiger partial charge in [0.2, 0.25) is 0 Å². The molecule has 22 aromatic rings. The van der Waals surface area contributed by atoms with Gasteiger partial charge in [-0.15, -0.1) is 0 Å². The van der Waals surface area contributed by atoms with E-state index in [9.17, 15) is 0 Å². The number of fused-ring (bicyclic) bond motifs is 21. The van der Waals surface area contributed by atoms with Crippen LogP contribution >= 0.6 is 0 Å². The second-order valence-corrected chi connectivity index (χ2v) is 35.1. The molecule has 123 heavy (non-hydrogen) atoms. The fourth-order valence-electron chi connectivity index (χ4n) is 21.1. The average molecular weight is 1580 g/mol. The number of aromatic nitrogens is 2. The molecule has 0 saturated carbocycles. The zero-order valence-electron chi connectivity index (χ0n) is 69.2. The normalized spacial score (nSPS) is 13.6. The Kier molecular flexibility index (Phi) is 16.0. The van der Waals surface area contributed by atoms with Crippen LogP contribution in [0.5, 0.6) is 0 Å². The third-order valence-electron chi connectivity index (χ3n) is 27.2. The molecule has 3 aliphatic rings. The molecular formula is C117H84N4O2. The standard InChI is InChI=1S/C60H44N2O.C57H40N2O/c1-59(2)50-21-11-8-17-42(50)44-30-27-40(35-52(44)59)61(56-23-14-20-48-47-19-10-13-24-57(47)63-58(48)56)41-28-31-45-43-29-25-38(34-51(43)60(3,4)53(45)36-41)37-26-32-55-49(33-37)46-18-9-12-22-54(46)62(55)39-15-6-5-7-16-39;1-57(2)50-19-9-6-15-44(50)45-33-32-43(36-51(45)57)58(54-21-12-18-48-47-17-8-11-22-55(47)60-56(48)54)42-30-27-38(28-31-42)37-23-25-39(26-24-37)40-29-34-53-49(35-40)46-16-7-10-20-52(46)59(53)41-13-4-3-5-14-41/h5-36H,1-4H3;3-36H,1-2H3. The van der Waals surface area contributed by atoms with Crippen LogP contribution in [0.4, 0.5) is 34.1 Å². The number of rotatable bonds is 11. The Morgan fingerprint density at radius 1 is 0.203 bits per heavy atom. The number of benzene rings is 18. The van der Waals surface area contributed by atoms with Gasteiger partial charge in [-0.25, -0.2) is 0 Å². The molecule has 25 rings (SSSR count). The lowest BCUT2D eigenvalue weighted by atomic mass is 9.81. The summed E-state index contributed by atoms with van der Waals surface area (Å²) in [5, 5.41) is 9.52. The van der Waals surface area contributed by atoms with E-state index in [0.717, 1.165) is 78.0 Å². The summed E-state index contributed by atoms with van der Waals surface area (Å²) in [7, 11) is 0. The van der Waals surface area contributed by atoms with E-state index in [-0.39, 0.29) is 16.2 Å². The molecule has 6 heteroatoms. The van der Waals surface area contributed by atoms with Crippen molar-refractivity contribution < 1.29 is 8.83 Å². The summed E-state index contributed by atoms with van der Waals surface area (Å²) in [6.07, 6.45) is 0. The fraction of sp³-hybridized carbons (Fsp3) is 0.0769. The second kappa shape index (κ2) is 27.4. The first-order chi connectivity index (χ1) is 60.3. The van der Waals surface area contributed by atoms with Gasteiger partial charge in [0.15, 0.2) is 11.2 Å². The Morgan fingerprint density at radius 3 is 0.967 bits per heavy atom. The molecule has 0 aliphatic heterocycles. The van der Waals surface area contributed by atoms with Crippen LogP contribution in [0.2, 0.25) is 0 Å². The lowest BCUT2D eigenvalue weighted by Crippen LogP contribution is -2.18. The third-order valence-corrected chi connectivity index (χ3v) is 27.2. The van der Waals surface area contributed by atoms with Crippen molar-refractivity contribution in [3.63, 3.8) is 0 Å². The molecular weight excluding hydrogens is 1490 g/mol. The van der Waals surface area contributed by atoms with Gasteiger partial charge in [0.25, 0.3) is 0 Å². The van der Waals surface area contributed by atoms with Crippen molar-refractivity contribution in [2.45, 2.75) is 57.8 Å². The molecule has 0 N–H and O–H groups in total. The molecule has 18 aromatic carbocycles. The Labute approximate surface area is 714 Å². The van der Waals surface area contributed by atoms with Crippen molar-refractivity contribution in [3.8, 4) is 78.1 Å². The summed E-state index contributed by atoms with van der Waals surface area (Å²) < 4.78 is 18.2. The van der Waals surface area contributed by atoms with Gasteiger partial charge in [0.1, 0.15) is 11.2 Å². The highest BCUT2D eigenvalue weighted by Crippen LogP contribution is 2.57. The van der Waals surface area contributed by atoms with E-state index in [1.165, 1.54) is 155 Å². The predicted octanol–water partition coefficient (Wildman–Crippen LogP) is 32.2. The molecule has 0 spiro atoms. The van der Waals surface area contributed by atoms with E-state index in [1.807, 2.05) is 6.07 Å². The summed E-state index contributed by atoms with van der Waals surface area (Å²) in [5.74, 6) is 0. The number of hydrogen-bond donors (Lipinski definition) is 0. The molecule has 0 atom stereocenters. The number of anilines is 6. The van der Waals surface area contributed by atoms with Crippen LogP contribution in [-0.2, 0) is 16.2 Å². The van der Waals surface area contributed by atoms with E-state index < -0.39 is 0 Å². The average Bonchev–Trinajstić information content (AvgIpc) is 1.57. The van der Waals surface area contributed by atoms with Gasteiger partial charge in [-0.05, 0) is 240 Å². The highest BCUT2D eigenvalue weighted by Gasteiger charge is 2.40. The lowest BCUT2D eigenvalue weighted by Gasteiger charge is -2.29. The topological polar surface area (TPSA) is 42.6 Å². The van der Waals surface area contributed by atoms with Crippen molar-refractivity contribution in [3.05, 3.63) is 434 Å². The second-order valence-electron chi connectivity index (χ2n) is 35.1. The van der Waals surface area contributed by atoms with Gasteiger partial charge in [0.05, 0.1) is 33.4 Å². The van der Waals surface area contributed by atoms with Crippen LogP contribution in [-0.4, -0.2) is 9.13 Å². The van der Waals surface area contributed by atoms with Crippen molar-refractivity contribution in [1.82, 2.24) is 9.13 Å². The Hall–Kier alpha value is -15.2. The van der Waals surface area contributed by atoms with Crippen LogP contribution in [0, 0.1) is 0 Å². The minimum absolute atomic E-state index is 0.123. The predicted molar refractivity (Wildman–Crippen MR) is 514 cm³/mol. The van der Waals surface area contributed by atoms with Gasteiger partial charge >= 0.3 is 0 Å². The van der Waals surface area contributed by atoms with E-state index in [4.69, 9.17) is 8.83 Å². The lowest BCUT2D eigenvalue weighted by molar-refractivity contribution is 0.659. The largest absolute Gasteiger partial charge is 0.454 e. The van der Waals surface area contributed by atoms with Gasteiger partial charge in [-0.1, -0.05) is 302 Å². The van der Waals surface area contributed by atoms with Crippen molar-refractivity contribution >= 4 is 122 Å². The fourth-order valence-corrected chi connectivity index (χ4v) is 21.1. The Morgan fingerprint density at radius 2 is 0.504 bits per heavy atom. The summed E-state index contributed by atoms with van der Waals surface area (Å²) in [5.41, 5.74) is 39.8. The molecule has 0 bridgehead atoms. The Bertz CT molecular complexity index is 8090. The first kappa shape index (κ1) is 71.8. The van der Waals surface area contributed by atoms with Gasteiger partial charge < -0.3 is 27.8 Å². The molecule has 0 fully saturated rings. The molecule has 0 saturated heterocycles. The molecule has 4 aromatic heterocycles. The van der Waals surface area contributed by atoms with Crippen LogP contribution in [0.15, 0.2) is 409 Å². The maximum absolute atomic E-state index is 6.76.